The Kier molecular flexibility index (Phi) is 6.53. The first-order valence-corrected chi connectivity index (χ1v) is 9.11. The van der Waals surface area contributed by atoms with Gasteiger partial charge in [-0.2, -0.15) is 0 Å². The Balaban J connectivity index is 1.69. The summed E-state index contributed by atoms with van der Waals surface area (Å²) in [6.45, 7) is -0.293. The Bertz CT molecular complexity index is 994. The number of hydrogen-bond acceptors (Lipinski definition) is 3. The summed E-state index contributed by atoms with van der Waals surface area (Å²) >= 11 is 12.0. The highest BCUT2D eigenvalue weighted by Crippen LogP contribution is 2.25. The highest BCUT2D eigenvalue weighted by Gasteiger charge is 2.15. The maximum absolute atomic E-state index is 12.6. The summed E-state index contributed by atoms with van der Waals surface area (Å²) in [5, 5.41) is 6.23. The van der Waals surface area contributed by atoms with Gasteiger partial charge < -0.3 is 15.4 Å². The van der Waals surface area contributed by atoms with Crippen LogP contribution in [0.2, 0.25) is 10.0 Å². The predicted molar refractivity (Wildman–Crippen MR) is 111 cm³/mol. The van der Waals surface area contributed by atoms with Crippen LogP contribution in [0.1, 0.15) is 10.4 Å². The van der Waals surface area contributed by atoms with Gasteiger partial charge in [-0.15, -0.1) is 0 Å². The molecule has 3 aromatic carbocycles. The minimum Gasteiger partial charge on any atom is -0.483 e. The third-order valence-electron chi connectivity index (χ3n) is 3.72. The molecule has 7 heteroatoms. The van der Waals surface area contributed by atoms with Crippen LogP contribution in [-0.2, 0) is 4.79 Å². The van der Waals surface area contributed by atoms with Crippen LogP contribution in [0.4, 0.5) is 11.4 Å². The van der Waals surface area contributed by atoms with Gasteiger partial charge in [-0.1, -0.05) is 53.5 Å². The van der Waals surface area contributed by atoms with Crippen LogP contribution in [0, 0.1) is 0 Å². The van der Waals surface area contributed by atoms with Crippen LogP contribution < -0.4 is 15.4 Å². The van der Waals surface area contributed by atoms with E-state index in [0.717, 1.165) is 0 Å². The Morgan fingerprint density at radius 2 is 1.57 bits per heavy atom. The number of carbonyl (C=O) groups excluding carboxylic acids is 2. The molecule has 3 aromatic rings. The van der Waals surface area contributed by atoms with Crippen molar-refractivity contribution < 1.29 is 14.3 Å². The molecule has 28 heavy (non-hydrogen) atoms. The summed E-state index contributed by atoms with van der Waals surface area (Å²) in [6, 6.07) is 20.5. The monoisotopic (exact) mass is 414 g/mol. The number of ether oxygens (including phenoxy) is 1. The standard InChI is InChI=1S/C21H16Cl2N2O3/c22-14-10-11-19(16(12-14)21(27)24-15-6-2-1-3-7-15)28-13-20(26)25-18-9-5-4-8-17(18)23/h1-12H,13H2,(H,24,27)(H,25,26). The second-order valence-electron chi connectivity index (χ2n) is 5.78. The lowest BCUT2D eigenvalue weighted by Gasteiger charge is -2.13. The quantitative estimate of drug-likeness (QED) is 0.577. The molecule has 2 amide bonds. The molecule has 0 spiro atoms. The van der Waals surface area contributed by atoms with E-state index in [-0.39, 0.29) is 17.9 Å². The van der Waals surface area contributed by atoms with E-state index in [4.69, 9.17) is 27.9 Å². The van der Waals surface area contributed by atoms with Gasteiger partial charge >= 0.3 is 0 Å². The third kappa shape index (κ3) is 5.25. The Hall–Kier alpha value is -3.02. The van der Waals surface area contributed by atoms with Crippen molar-refractivity contribution in [3.63, 3.8) is 0 Å². The van der Waals surface area contributed by atoms with Crippen molar-refractivity contribution in [1.82, 2.24) is 0 Å². The van der Waals surface area contributed by atoms with Crippen LogP contribution in [0.5, 0.6) is 5.75 Å². The molecule has 0 aliphatic rings. The summed E-state index contributed by atoms with van der Waals surface area (Å²) < 4.78 is 5.55. The zero-order chi connectivity index (χ0) is 19.9. The molecule has 0 radical (unpaired) electrons. The second kappa shape index (κ2) is 9.26. The van der Waals surface area contributed by atoms with Gasteiger partial charge in [0.15, 0.2) is 6.61 Å². The van der Waals surface area contributed by atoms with Gasteiger partial charge in [0.05, 0.1) is 16.3 Å². The fraction of sp³-hybridized carbons (Fsp3) is 0.0476. The van der Waals surface area contributed by atoms with Gasteiger partial charge in [-0.25, -0.2) is 0 Å². The zero-order valence-corrected chi connectivity index (χ0v) is 16.1. The van der Waals surface area contributed by atoms with Crippen LogP contribution >= 0.6 is 23.2 Å². The van der Waals surface area contributed by atoms with E-state index >= 15 is 0 Å². The SMILES string of the molecule is O=C(COc1ccc(Cl)cc1C(=O)Nc1ccccc1)Nc1ccccc1Cl. The highest BCUT2D eigenvalue weighted by atomic mass is 35.5. The van der Waals surface area contributed by atoms with Crippen molar-refractivity contribution in [3.8, 4) is 5.75 Å². The molecule has 0 saturated carbocycles. The molecule has 3 rings (SSSR count). The number of anilines is 2. The van der Waals surface area contributed by atoms with Crippen molar-refractivity contribution >= 4 is 46.4 Å². The molecule has 0 heterocycles. The van der Waals surface area contributed by atoms with E-state index < -0.39 is 11.8 Å². The predicted octanol–water partition coefficient (Wildman–Crippen LogP) is 5.26. The molecule has 0 aliphatic carbocycles. The van der Waals surface area contributed by atoms with Crippen LogP contribution in [0.25, 0.3) is 0 Å². The normalized spacial score (nSPS) is 10.2. The fourth-order valence-electron chi connectivity index (χ4n) is 2.42. The summed E-state index contributed by atoms with van der Waals surface area (Å²) in [5.74, 6) is -0.556. The zero-order valence-electron chi connectivity index (χ0n) is 14.6. The molecule has 0 saturated heterocycles. The maximum Gasteiger partial charge on any atom is 0.262 e. The molecule has 0 aliphatic heterocycles. The molecular weight excluding hydrogens is 399 g/mol. The molecule has 0 aromatic heterocycles. The van der Waals surface area contributed by atoms with Gasteiger partial charge in [0, 0.05) is 10.7 Å². The van der Waals surface area contributed by atoms with Gasteiger partial charge in [0.1, 0.15) is 5.75 Å². The first-order chi connectivity index (χ1) is 13.5. The lowest BCUT2D eigenvalue weighted by Crippen LogP contribution is -2.21. The molecule has 0 bridgehead atoms. The average molecular weight is 415 g/mol. The molecular formula is C21H16Cl2N2O3. The van der Waals surface area contributed by atoms with Gasteiger partial charge in [-0.05, 0) is 42.5 Å². The number of hydrogen-bond donors (Lipinski definition) is 2. The fourth-order valence-corrected chi connectivity index (χ4v) is 2.77. The number of rotatable bonds is 6. The number of benzene rings is 3. The first-order valence-electron chi connectivity index (χ1n) is 8.36. The number of amides is 2. The summed E-state index contributed by atoms with van der Waals surface area (Å²) in [4.78, 5) is 24.8. The lowest BCUT2D eigenvalue weighted by atomic mass is 10.2. The highest BCUT2D eigenvalue weighted by molar-refractivity contribution is 6.33. The number of carbonyl (C=O) groups is 2. The Morgan fingerprint density at radius 3 is 2.32 bits per heavy atom. The molecule has 5 nitrogen and oxygen atoms in total. The van der Waals surface area contributed by atoms with Crippen LogP contribution in [0.15, 0.2) is 72.8 Å². The largest absolute Gasteiger partial charge is 0.483 e. The van der Waals surface area contributed by atoms with E-state index in [0.29, 0.717) is 21.4 Å². The third-order valence-corrected chi connectivity index (χ3v) is 4.29. The molecule has 142 valence electrons. The van der Waals surface area contributed by atoms with E-state index in [9.17, 15) is 9.59 Å². The van der Waals surface area contributed by atoms with Crippen molar-refractivity contribution in [2.45, 2.75) is 0 Å². The average Bonchev–Trinajstić information content (AvgIpc) is 2.69. The van der Waals surface area contributed by atoms with Crippen LogP contribution in [-0.4, -0.2) is 18.4 Å². The summed E-state index contributed by atoms with van der Waals surface area (Å²) in [6.07, 6.45) is 0. The number of para-hydroxylation sites is 2. The van der Waals surface area contributed by atoms with Crippen molar-refractivity contribution in [2.75, 3.05) is 17.2 Å². The second-order valence-corrected chi connectivity index (χ2v) is 6.62. The van der Waals surface area contributed by atoms with Crippen molar-refractivity contribution in [3.05, 3.63) is 88.4 Å². The van der Waals surface area contributed by atoms with E-state index in [1.165, 1.54) is 6.07 Å². The minimum atomic E-state index is -0.405. The van der Waals surface area contributed by atoms with Gasteiger partial charge in [0.2, 0.25) is 0 Å². The smallest absolute Gasteiger partial charge is 0.262 e. The topological polar surface area (TPSA) is 67.4 Å². The summed E-state index contributed by atoms with van der Waals surface area (Å²) in [5.41, 5.74) is 1.34. The van der Waals surface area contributed by atoms with Gasteiger partial charge in [0.25, 0.3) is 11.8 Å². The number of halogens is 2. The summed E-state index contributed by atoms with van der Waals surface area (Å²) in [7, 11) is 0. The number of nitrogens with one attached hydrogen (secondary N) is 2. The Morgan fingerprint density at radius 1 is 0.857 bits per heavy atom. The lowest BCUT2D eigenvalue weighted by molar-refractivity contribution is -0.118. The maximum atomic E-state index is 12.6. The molecule has 2 N–H and O–H groups in total. The first kappa shape index (κ1) is 19.7. The van der Waals surface area contributed by atoms with Gasteiger partial charge in [-0.3, -0.25) is 9.59 Å². The molecule has 0 unspecified atom stereocenters. The minimum absolute atomic E-state index is 0.224. The molecule has 0 atom stereocenters. The molecule has 0 fully saturated rings. The van der Waals surface area contributed by atoms with E-state index in [2.05, 4.69) is 10.6 Å². The van der Waals surface area contributed by atoms with E-state index in [1.54, 1.807) is 48.5 Å². The van der Waals surface area contributed by atoms with E-state index in [1.807, 2.05) is 18.2 Å². The van der Waals surface area contributed by atoms with Crippen molar-refractivity contribution in [1.29, 1.82) is 0 Å². The van der Waals surface area contributed by atoms with Crippen molar-refractivity contribution in [2.24, 2.45) is 0 Å². The van der Waals surface area contributed by atoms with Crippen LogP contribution in [0.3, 0.4) is 0 Å². The Labute approximate surface area is 172 Å².